The Balaban J connectivity index is 2.18. The topological polar surface area (TPSA) is 0 Å². The van der Waals surface area contributed by atoms with Gasteiger partial charge in [-0.1, -0.05) is 0 Å². The van der Waals surface area contributed by atoms with Crippen molar-refractivity contribution in [1.82, 2.24) is 0 Å². The SMILES string of the molecule is Fc1cccc(F)[c]1[Ti]([C]1=CC=CC1)([C]1=CC=CC1)[c]1c(F)cccc1F. The van der Waals surface area contributed by atoms with Gasteiger partial charge in [0.15, 0.2) is 0 Å². The minimum atomic E-state index is -4.49. The molecule has 0 saturated carbocycles. The molecule has 136 valence electrons. The zero-order chi connectivity index (χ0) is 19.0. The molecule has 0 nitrogen and oxygen atoms in total. The number of hydrogen-bond acceptors (Lipinski definition) is 0. The summed E-state index contributed by atoms with van der Waals surface area (Å²) < 4.78 is 61.4. The first-order valence-electron chi connectivity index (χ1n) is 8.68. The van der Waals surface area contributed by atoms with Crippen molar-refractivity contribution in [3.05, 3.63) is 104 Å². The monoisotopic (exact) mass is 404 g/mol. The number of rotatable bonds is 4. The van der Waals surface area contributed by atoms with Crippen LogP contribution in [0, 0.1) is 23.3 Å². The quantitative estimate of drug-likeness (QED) is 0.495. The Morgan fingerprint density at radius 1 is 0.593 bits per heavy atom. The molecule has 0 aliphatic heterocycles. The van der Waals surface area contributed by atoms with Gasteiger partial charge in [0.05, 0.1) is 0 Å². The molecule has 0 unspecified atom stereocenters. The van der Waals surface area contributed by atoms with Gasteiger partial charge >= 0.3 is 159 Å². The first-order chi connectivity index (χ1) is 13.1. The molecule has 5 heteroatoms. The van der Waals surface area contributed by atoms with Crippen molar-refractivity contribution in [1.29, 1.82) is 0 Å². The van der Waals surface area contributed by atoms with E-state index in [1.165, 1.54) is 36.4 Å². The molecule has 0 saturated heterocycles. The summed E-state index contributed by atoms with van der Waals surface area (Å²) in [4.78, 5) is 0. The summed E-state index contributed by atoms with van der Waals surface area (Å²) in [6.45, 7) is 0. The molecule has 0 aromatic heterocycles. The number of hydrogen-bond donors (Lipinski definition) is 0. The van der Waals surface area contributed by atoms with Crippen LogP contribution >= 0.6 is 0 Å². The predicted octanol–water partition coefficient (Wildman–Crippen LogP) is 5.04. The maximum atomic E-state index is 15.1. The molecule has 0 bridgehead atoms. The average Bonchev–Trinajstić information content (AvgIpc) is 3.34. The van der Waals surface area contributed by atoms with Crippen molar-refractivity contribution in [3.63, 3.8) is 0 Å². The van der Waals surface area contributed by atoms with Gasteiger partial charge in [0.2, 0.25) is 0 Å². The molecule has 27 heavy (non-hydrogen) atoms. The van der Waals surface area contributed by atoms with E-state index >= 15 is 17.6 Å². The fraction of sp³-hybridized carbons (Fsp3) is 0.0909. The summed E-state index contributed by atoms with van der Waals surface area (Å²) in [6.07, 6.45) is 11.7. The molecule has 0 spiro atoms. The normalized spacial score (nSPS) is 16.0. The van der Waals surface area contributed by atoms with Crippen LogP contribution in [0.5, 0.6) is 0 Å². The van der Waals surface area contributed by atoms with Gasteiger partial charge in [-0.15, -0.1) is 0 Å². The average molecular weight is 404 g/mol. The Hall–Kier alpha value is -2.17. The molecule has 4 rings (SSSR count). The van der Waals surface area contributed by atoms with E-state index in [1.807, 2.05) is 12.2 Å². The van der Waals surface area contributed by atoms with Gasteiger partial charge in [-0.05, 0) is 0 Å². The standard InChI is InChI=1S/2C6H3F2.2C5H5.Ti/c2*7-5-2-1-3-6(8)4-5;2*1-2-4-5-3-1;/h2*1-3H;2*1-3H,4H2;. The van der Waals surface area contributed by atoms with Crippen molar-refractivity contribution < 1.29 is 34.2 Å². The van der Waals surface area contributed by atoms with Gasteiger partial charge < -0.3 is 0 Å². The fourth-order valence-electron chi connectivity index (χ4n) is 4.14. The van der Waals surface area contributed by atoms with Crippen molar-refractivity contribution in [2.75, 3.05) is 0 Å². The second kappa shape index (κ2) is 7.10. The molecule has 2 aromatic carbocycles. The van der Waals surface area contributed by atoms with E-state index in [9.17, 15) is 0 Å². The third-order valence-corrected chi connectivity index (χ3v) is 13.2. The van der Waals surface area contributed by atoms with Crippen LogP contribution in [0.2, 0.25) is 0 Å². The van der Waals surface area contributed by atoms with Crippen molar-refractivity contribution in [2.45, 2.75) is 12.8 Å². The summed E-state index contributed by atoms with van der Waals surface area (Å²) in [5.41, 5.74) is 0. The first kappa shape index (κ1) is 18.2. The number of halogens is 4. The van der Waals surface area contributed by atoms with Crippen LogP contribution in [-0.4, -0.2) is 0 Å². The van der Waals surface area contributed by atoms with Crippen LogP contribution in [0.1, 0.15) is 12.8 Å². The zero-order valence-electron chi connectivity index (χ0n) is 14.4. The second-order valence-electron chi connectivity index (χ2n) is 6.59. The Kier molecular flexibility index (Phi) is 4.79. The summed E-state index contributed by atoms with van der Waals surface area (Å²) >= 11 is -4.49. The van der Waals surface area contributed by atoms with E-state index in [0.29, 0.717) is 12.8 Å². The van der Waals surface area contributed by atoms with Gasteiger partial charge in [0, 0.05) is 0 Å². The van der Waals surface area contributed by atoms with Gasteiger partial charge in [0.25, 0.3) is 0 Å². The van der Waals surface area contributed by atoms with Gasteiger partial charge in [-0.3, -0.25) is 0 Å². The van der Waals surface area contributed by atoms with Gasteiger partial charge in [-0.25, -0.2) is 0 Å². The number of allylic oxidation sites excluding steroid dienone is 8. The molecule has 0 radical (unpaired) electrons. The molecule has 2 aliphatic rings. The summed E-state index contributed by atoms with van der Waals surface area (Å²) in [5.74, 6) is -3.01. The van der Waals surface area contributed by atoms with Gasteiger partial charge in [0.1, 0.15) is 0 Å². The van der Waals surface area contributed by atoms with E-state index in [1.54, 1.807) is 24.3 Å². The molecule has 0 fully saturated rings. The Bertz CT molecular complexity index is 907. The Labute approximate surface area is 158 Å². The summed E-state index contributed by atoms with van der Waals surface area (Å²) in [5, 5.41) is 0. The van der Waals surface area contributed by atoms with E-state index in [2.05, 4.69) is 0 Å². The third-order valence-electron chi connectivity index (χ3n) is 5.18. The van der Waals surface area contributed by atoms with Crippen molar-refractivity contribution in [3.8, 4) is 0 Å². The molecular formula is C22H16F4Ti. The zero-order valence-corrected chi connectivity index (χ0v) is 15.9. The number of benzene rings is 2. The molecule has 0 N–H and O–H groups in total. The Morgan fingerprint density at radius 3 is 1.26 bits per heavy atom. The first-order valence-corrected chi connectivity index (χ1v) is 11.8. The van der Waals surface area contributed by atoms with Crippen LogP contribution in [0.25, 0.3) is 0 Å². The van der Waals surface area contributed by atoms with E-state index in [4.69, 9.17) is 0 Å². The molecule has 2 aliphatic carbocycles. The van der Waals surface area contributed by atoms with E-state index in [-0.39, 0.29) is 7.74 Å². The predicted molar refractivity (Wildman–Crippen MR) is 95.7 cm³/mol. The maximum absolute atomic E-state index is 15.1. The summed E-state index contributed by atoms with van der Waals surface area (Å²) in [6, 6.07) is 7.24. The van der Waals surface area contributed by atoms with Crippen LogP contribution < -0.4 is 7.74 Å². The van der Waals surface area contributed by atoms with Crippen LogP contribution in [-0.2, 0) is 16.6 Å². The minimum absolute atomic E-state index is 0.161. The van der Waals surface area contributed by atoms with E-state index in [0.717, 1.165) is 7.76 Å². The van der Waals surface area contributed by atoms with Crippen molar-refractivity contribution in [2.24, 2.45) is 0 Å². The van der Waals surface area contributed by atoms with Crippen LogP contribution in [0.3, 0.4) is 0 Å². The van der Waals surface area contributed by atoms with Crippen molar-refractivity contribution >= 4 is 7.74 Å². The van der Waals surface area contributed by atoms with Crippen LogP contribution in [0.4, 0.5) is 17.6 Å². The molecule has 0 heterocycles. The Morgan fingerprint density at radius 2 is 0.963 bits per heavy atom. The molecule has 0 amide bonds. The third kappa shape index (κ3) is 2.79. The molecule has 0 atom stereocenters. The van der Waals surface area contributed by atoms with Crippen LogP contribution in [0.15, 0.2) is 80.6 Å². The van der Waals surface area contributed by atoms with E-state index < -0.39 is 39.9 Å². The summed E-state index contributed by atoms with van der Waals surface area (Å²) in [7, 11) is 0. The second-order valence-corrected chi connectivity index (χ2v) is 12.5. The molecular weight excluding hydrogens is 388 g/mol. The van der Waals surface area contributed by atoms with Gasteiger partial charge in [-0.2, -0.15) is 0 Å². The molecule has 2 aromatic rings. The fourth-order valence-corrected chi connectivity index (χ4v) is 12.3.